The predicted molar refractivity (Wildman–Crippen MR) is 108 cm³/mol. The number of amides is 2. The van der Waals surface area contributed by atoms with Gasteiger partial charge in [-0.05, 0) is 70.2 Å². The Morgan fingerprint density at radius 3 is 2.61 bits per heavy atom. The van der Waals surface area contributed by atoms with Gasteiger partial charge in [0.25, 0.3) is 0 Å². The summed E-state index contributed by atoms with van der Waals surface area (Å²) < 4.78 is 11.0. The molecule has 1 aliphatic rings. The molecule has 0 unspecified atom stereocenters. The molecule has 0 saturated heterocycles. The summed E-state index contributed by atoms with van der Waals surface area (Å²) in [6, 6.07) is 4.28. The van der Waals surface area contributed by atoms with Gasteiger partial charge >= 0.3 is 6.09 Å². The largest absolute Gasteiger partial charge is 0.464 e. The molecule has 1 N–H and O–H groups in total. The topological polar surface area (TPSA) is 71.8 Å². The highest BCUT2D eigenvalue weighted by atomic mass is 16.6. The lowest BCUT2D eigenvalue weighted by Crippen LogP contribution is -2.41. The van der Waals surface area contributed by atoms with Crippen molar-refractivity contribution in [3.8, 4) is 0 Å². The highest BCUT2D eigenvalue weighted by Gasteiger charge is 2.21. The first-order valence-corrected chi connectivity index (χ1v) is 10.0. The molecule has 1 aliphatic carbocycles. The first-order valence-electron chi connectivity index (χ1n) is 10.0. The first kappa shape index (κ1) is 20.2. The van der Waals surface area contributed by atoms with Crippen molar-refractivity contribution in [2.24, 2.45) is 0 Å². The maximum atomic E-state index is 12.4. The van der Waals surface area contributed by atoms with E-state index in [0.717, 1.165) is 29.4 Å². The van der Waals surface area contributed by atoms with Crippen LogP contribution in [0.4, 0.5) is 4.79 Å². The van der Waals surface area contributed by atoms with Crippen molar-refractivity contribution in [3.05, 3.63) is 35.1 Å². The molecular weight excluding hydrogens is 356 g/mol. The molecule has 2 amide bonds. The Kier molecular flexibility index (Phi) is 5.96. The SMILES string of the molecule is CCN(CCNC(=O)Cc1coc2cc3c(cc12)CCC3)C(=O)OC(C)(C)C. The Bertz CT molecular complexity index is 863. The molecule has 0 fully saturated rings. The second kappa shape index (κ2) is 8.25. The van der Waals surface area contributed by atoms with Gasteiger partial charge < -0.3 is 19.4 Å². The molecule has 0 aliphatic heterocycles. The number of carbonyl (C=O) groups excluding carboxylic acids is 2. The van der Waals surface area contributed by atoms with Crippen LogP contribution in [0.25, 0.3) is 11.0 Å². The fraction of sp³-hybridized carbons (Fsp3) is 0.545. The van der Waals surface area contributed by atoms with Crippen molar-refractivity contribution in [1.82, 2.24) is 10.2 Å². The summed E-state index contributed by atoms with van der Waals surface area (Å²) >= 11 is 0. The third-order valence-electron chi connectivity index (χ3n) is 4.96. The Balaban J connectivity index is 1.53. The Hall–Kier alpha value is -2.50. The highest BCUT2D eigenvalue weighted by Crippen LogP contribution is 2.30. The standard InChI is InChI=1S/C22H30N2O4/c1-5-24(21(26)28-22(2,3)4)10-9-23-20(25)13-17-14-27-19-12-16-8-6-7-15(16)11-18(17)19/h11-12,14H,5-10,13H2,1-4H3,(H,23,25). The van der Waals surface area contributed by atoms with Gasteiger partial charge in [0.05, 0.1) is 12.7 Å². The Morgan fingerprint density at radius 2 is 1.93 bits per heavy atom. The summed E-state index contributed by atoms with van der Waals surface area (Å²) in [6.07, 6.45) is 4.97. The molecule has 6 heteroatoms. The molecule has 0 spiro atoms. The molecule has 0 bridgehead atoms. The third-order valence-corrected chi connectivity index (χ3v) is 4.96. The van der Waals surface area contributed by atoms with Crippen molar-refractivity contribution in [1.29, 1.82) is 0 Å². The average Bonchev–Trinajstić information content (AvgIpc) is 3.21. The van der Waals surface area contributed by atoms with Crippen LogP contribution in [-0.4, -0.2) is 42.1 Å². The number of fused-ring (bicyclic) bond motifs is 2. The molecule has 1 aromatic heterocycles. The maximum Gasteiger partial charge on any atom is 0.410 e. The summed E-state index contributed by atoms with van der Waals surface area (Å²) in [5, 5.41) is 3.92. The number of nitrogens with zero attached hydrogens (tertiary/aromatic N) is 1. The summed E-state index contributed by atoms with van der Waals surface area (Å²) in [5.41, 5.74) is 3.95. The Labute approximate surface area is 166 Å². The molecule has 6 nitrogen and oxygen atoms in total. The van der Waals surface area contributed by atoms with Crippen LogP contribution in [0.15, 0.2) is 22.8 Å². The van der Waals surface area contributed by atoms with E-state index in [2.05, 4.69) is 17.4 Å². The molecule has 1 aromatic carbocycles. The number of nitrogens with one attached hydrogen (secondary N) is 1. The molecule has 28 heavy (non-hydrogen) atoms. The van der Waals surface area contributed by atoms with Gasteiger partial charge in [-0.1, -0.05) is 0 Å². The van der Waals surface area contributed by atoms with Crippen LogP contribution >= 0.6 is 0 Å². The monoisotopic (exact) mass is 386 g/mol. The minimum atomic E-state index is -0.531. The number of likely N-dealkylation sites (N-methyl/N-ethyl adjacent to an activating group) is 1. The number of hydrogen-bond donors (Lipinski definition) is 1. The van der Waals surface area contributed by atoms with Gasteiger partial charge in [0.2, 0.25) is 5.91 Å². The van der Waals surface area contributed by atoms with E-state index in [1.165, 1.54) is 17.5 Å². The second-order valence-electron chi connectivity index (χ2n) is 8.32. The van der Waals surface area contributed by atoms with Crippen LogP contribution in [0.3, 0.4) is 0 Å². The lowest BCUT2D eigenvalue weighted by molar-refractivity contribution is -0.120. The molecular formula is C22H30N2O4. The van der Waals surface area contributed by atoms with Crippen molar-refractivity contribution in [3.63, 3.8) is 0 Å². The van der Waals surface area contributed by atoms with Crippen LogP contribution in [0.5, 0.6) is 0 Å². The normalized spacial score (nSPS) is 13.4. The number of carbonyl (C=O) groups is 2. The Morgan fingerprint density at radius 1 is 1.21 bits per heavy atom. The molecule has 2 aromatic rings. The molecule has 0 saturated carbocycles. The summed E-state index contributed by atoms with van der Waals surface area (Å²) in [5.74, 6) is -0.0801. The second-order valence-corrected chi connectivity index (χ2v) is 8.32. The summed E-state index contributed by atoms with van der Waals surface area (Å²) in [4.78, 5) is 26.1. The lowest BCUT2D eigenvalue weighted by atomic mass is 10.0. The number of benzene rings is 1. The van der Waals surface area contributed by atoms with Gasteiger partial charge in [-0.15, -0.1) is 0 Å². The number of furan rings is 1. The van der Waals surface area contributed by atoms with Gasteiger partial charge in [-0.3, -0.25) is 4.79 Å². The number of hydrogen-bond acceptors (Lipinski definition) is 4. The van der Waals surface area contributed by atoms with E-state index >= 15 is 0 Å². The molecule has 152 valence electrons. The molecule has 1 heterocycles. The number of rotatable bonds is 6. The minimum absolute atomic E-state index is 0.0801. The zero-order valence-corrected chi connectivity index (χ0v) is 17.3. The van der Waals surface area contributed by atoms with Gasteiger partial charge in [0.1, 0.15) is 11.2 Å². The van der Waals surface area contributed by atoms with E-state index in [0.29, 0.717) is 19.6 Å². The van der Waals surface area contributed by atoms with Crippen molar-refractivity contribution in [2.45, 2.75) is 59.0 Å². The van der Waals surface area contributed by atoms with Crippen LogP contribution < -0.4 is 5.32 Å². The van der Waals surface area contributed by atoms with Gasteiger partial charge in [-0.25, -0.2) is 4.79 Å². The zero-order chi connectivity index (χ0) is 20.3. The van der Waals surface area contributed by atoms with E-state index in [9.17, 15) is 9.59 Å². The van der Waals surface area contributed by atoms with Crippen LogP contribution in [0.1, 0.15) is 50.8 Å². The molecule has 0 radical (unpaired) electrons. The van der Waals surface area contributed by atoms with Gasteiger partial charge in [0.15, 0.2) is 0 Å². The van der Waals surface area contributed by atoms with Gasteiger partial charge in [-0.2, -0.15) is 0 Å². The van der Waals surface area contributed by atoms with Crippen LogP contribution in [-0.2, 0) is 28.8 Å². The van der Waals surface area contributed by atoms with Crippen LogP contribution in [0, 0.1) is 0 Å². The predicted octanol–water partition coefficient (Wildman–Crippen LogP) is 3.84. The van der Waals surface area contributed by atoms with E-state index in [1.807, 2.05) is 27.7 Å². The number of aryl methyl sites for hydroxylation is 2. The molecule has 0 atom stereocenters. The third kappa shape index (κ3) is 4.86. The summed E-state index contributed by atoms with van der Waals surface area (Å²) in [7, 11) is 0. The quantitative estimate of drug-likeness (QED) is 0.819. The maximum absolute atomic E-state index is 12.4. The lowest BCUT2D eigenvalue weighted by Gasteiger charge is -2.26. The zero-order valence-electron chi connectivity index (χ0n) is 17.3. The van der Waals surface area contributed by atoms with Gasteiger partial charge in [0, 0.05) is 30.6 Å². The average molecular weight is 386 g/mol. The first-order chi connectivity index (χ1) is 13.3. The minimum Gasteiger partial charge on any atom is -0.464 e. The fourth-order valence-electron chi connectivity index (χ4n) is 3.56. The van der Waals surface area contributed by atoms with Crippen molar-refractivity contribution >= 4 is 23.0 Å². The number of ether oxygens (including phenoxy) is 1. The smallest absolute Gasteiger partial charge is 0.410 e. The van der Waals surface area contributed by atoms with Crippen LogP contribution in [0.2, 0.25) is 0 Å². The van der Waals surface area contributed by atoms with E-state index in [-0.39, 0.29) is 18.4 Å². The van der Waals surface area contributed by atoms with E-state index < -0.39 is 5.60 Å². The highest BCUT2D eigenvalue weighted by molar-refractivity contribution is 5.88. The fourth-order valence-corrected chi connectivity index (χ4v) is 3.56. The van der Waals surface area contributed by atoms with E-state index in [1.54, 1.807) is 11.2 Å². The van der Waals surface area contributed by atoms with E-state index in [4.69, 9.17) is 9.15 Å². The van der Waals surface area contributed by atoms with Crippen molar-refractivity contribution < 1.29 is 18.7 Å². The van der Waals surface area contributed by atoms with Crippen molar-refractivity contribution in [2.75, 3.05) is 19.6 Å². The summed E-state index contributed by atoms with van der Waals surface area (Å²) in [6.45, 7) is 8.74. The molecule has 3 rings (SSSR count).